The normalized spacial score (nSPS) is 10.3. The van der Waals surface area contributed by atoms with Crippen LogP contribution < -0.4 is 10.5 Å². The molecule has 2 aromatic carbocycles. The van der Waals surface area contributed by atoms with E-state index in [1.807, 2.05) is 0 Å². The van der Waals surface area contributed by atoms with E-state index in [2.05, 4.69) is 0 Å². The number of nitrogens with two attached hydrogens (primary N) is 1. The molecule has 0 saturated carbocycles. The Balaban J connectivity index is 2.20. The summed E-state index contributed by atoms with van der Waals surface area (Å²) in [6.45, 7) is 0.204. The SMILES string of the molecule is NC(=S)c1ccc(Cl)cc1OCc1ccc(F)c(Cl)c1. The molecule has 0 aliphatic carbocycles. The van der Waals surface area contributed by atoms with Crippen molar-refractivity contribution < 1.29 is 9.13 Å². The number of thiocarbonyl (C=S) groups is 1. The van der Waals surface area contributed by atoms with Crippen molar-refractivity contribution in [3.63, 3.8) is 0 Å². The second kappa shape index (κ2) is 6.39. The van der Waals surface area contributed by atoms with Gasteiger partial charge in [0.1, 0.15) is 23.2 Å². The third-order valence-corrected chi connectivity index (χ3v) is 3.33. The van der Waals surface area contributed by atoms with Crippen LogP contribution in [0, 0.1) is 5.82 Å². The second-order valence-electron chi connectivity index (χ2n) is 4.04. The van der Waals surface area contributed by atoms with Gasteiger partial charge in [-0.15, -0.1) is 0 Å². The average Bonchev–Trinajstić information content (AvgIpc) is 2.40. The molecular weight excluding hydrogens is 320 g/mol. The monoisotopic (exact) mass is 329 g/mol. The molecule has 0 amide bonds. The molecule has 0 aromatic heterocycles. The van der Waals surface area contributed by atoms with Crippen LogP contribution in [0.3, 0.4) is 0 Å². The van der Waals surface area contributed by atoms with E-state index in [0.29, 0.717) is 16.3 Å². The first-order chi connectivity index (χ1) is 9.47. The van der Waals surface area contributed by atoms with Gasteiger partial charge >= 0.3 is 0 Å². The predicted molar refractivity (Wildman–Crippen MR) is 83.1 cm³/mol. The topological polar surface area (TPSA) is 35.2 Å². The number of hydrogen-bond donors (Lipinski definition) is 1. The van der Waals surface area contributed by atoms with Crippen molar-refractivity contribution >= 4 is 40.4 Å². The van der Waals surface area contributed by atoms with Gasteiger partial charge in [0, 0.05) is 5.02 Å². The molecule has 2 nitrogen and oxygen atoms in total. The van der Waals surface area contributed by atoms with E-state index in [4.69, 9.17) is 45.9 Å². The van der Waals surface area contributed by atoms with E-state index in [0.717, 1.165) is 5.56 Å². The minimum Gasteiger partial charge on any atom is -0.488 e. The summed E-state index contributed by atoms with van der Waals surface area (Å²) in [5, 5.41) is 0.559. The molecule has 0 radical (unpaired) electrons. The fraction of sp³-hybridized carbons (Fsp3) is 0.0714. The van der Waals surface area contributed by atoms with Crippen LogP contribution in [0.2, 0.25) is 10.0 Å². The van der Waals surface area contributed by atoms with Gasteiger partial charge in [0.25, 0.3) is 0 Å². The minimum atomic E-state index is -0.470. The maximum absolute atomic E-state index is 13.1. The Labute approximate surface area is 131 Å². The second-order valence-corrected chi connectivity index (χ2v) is 5.33. The van der Waals surface area contributed by atoms with Crippen molar-refractivity contribution in [2.24, 2.45) is 5.73 Å². The first-order valence-electron chi connectivity index (χ1n) is 5.63. The van der Waals surface area contributed by atoms with Gasteiger partial charge in [-0.3, -0.25) is 0 Å². The summed E-state index contributed by atoms with van der Waals surface area (Å²) in [7, 11) is 0. The first-order valence-corrected chi connectivity index (χ1v) is 6.80. The molecule has 20 heavy (non-hydrogen) atoms. The maximum atomic E-state index is 13.1. The number of ether oxygens (including phenoxy) is 1. The quantitative estimate of drug-likeness (QED) is 0.847. The van der Waals surface area contributed by atoms with Crippen LogP contribution in [0.4, 0.5) is 4.39 Å². The summed E-state index contributed by atoms with van der Waals surface area (Å²) in [4.78, 5) is 0.216. The zero-order valence-corrected chi connectivity index (χ0v) is 12.5. The predicted octanol–water partition coefficient (Wildman–Crippen LogP) is 4.35. The van der Waals surface area contributed by atoms with Gasteiger partial charge in [0.05, 0.1) is 10.6 Å². The fourth-order valence-corrected chi connectivity index (χ4v) is 2.14. The lowest BCUT2D eigenvalue weighted by molar-refractivity contribution is 0.305. The van der Waals surface area contributed by atoms with Gasteiger partial charge < -0.3 is 10.5 Å². The Kier molecular flexibility index (Phi) is 4.81. The first kappa shape index (κ1) is 15.0. The van der Waals surface area contributed by atoms with Gasteiger partial charge in [0.2, 0.25) is 0 Å². The number of hydrogen-bond acceptors (Lipinski definition) is 2. The molecule has 2 aromatic rings. The highest BCUT2D eigenvalue weighted by Crippen LogP contribution is 2.25. The molecule has 0 fully saturated rings. The standard InChI is InChI=1S/C14H10Cl2FNOS/c15-9-2-3-10(14(18)20)13(6-9)19-7-8-1-4-12(17)11(16)5-8/h1-6H,7H2,(H2,18,20). The maximum Gasteiger partial charge on any atom is 0.141 e. The van der Waals surface area contributed by atoms with Gasteiger partial charge in [-0.2, -0.15) is 0 Å². The third-order valence-electron chi connectivity index (χ3n) is 2.59. The number of halogens is 3. The molecular formula is C14H10Cl2FNOS. The lowest BCUT2D eigenvalue weighted by Gasteiger charge is -2.11. The summed E-state index contributed by atoms with van der Waals surface area (Å²) in [6, 6.07) is 9.37. The Morgan fingerprint density at radius 1 is 1.20 bits per heavy atom. The molecule has 0 bridgehead atoms. The van der Waals surface area contributed by atoms with Gasteiger partial charge in [-0.25, -0.2) is 4.39 Å². The molecule has 0 saturated heterocycles. The number of rotatable bonds is 4. The van der Waals surface area contributed by atoms with Crippen LogP contribution in [0.15, 0.2) is 36.4 Å². The highest BCUT2D eigenvalue weighted by molar-refractivity contribution is 7.80. The molecule has 0 atom stereocenters. The third kappa shape index (κ3) is 3.60. The fourth-order valence-electron chi connectivity index (χ4n) is 1.61. The van der Waals surface area contributed by atoms with Crippen molar-refractivity contribution in [2.75, 3.05) is 0 Å². The summed E-state index contributed by atoms with van der Waals surface area (Å²) in [5.41, 5.74) is 6.94. The molecule has 104 valence electrons. The highest BCUT2D eigenvalue weighted by atomic mass is 35.5. The Morgan fingerprint density at radius 3 is 2.60 bits per heavy atom. The Morgan fingerprint density at radius 2 is 1.95 bits per heavy atom. The molecule has 0 heterocycles. The van der Waals surface area contributed by atoms with E-state index in [-0.39, 0.29) is 16.6 Å². The molecule has 0 aliphatic rings. The minimum absolute atomic E-state index is 0.0479. The summed E-state index contributed by atoms with van der Waals surface area (Å²) >= 11 is 16.6. The van der Waals surface area contributed by atoms with E-state index < -0.39 is 5.82 Å². The molecule has 2 rings (SSSR count). The van der Waals surface area contributed by atoms with Crippen LogP contribution >= 0.6 is 35.4 Å². The van der Waals surface area contributed by atoms with Gasteiger partial charge in [0.15, 0.2) is 0 Å². The number of benzene rings is 2. The van der Waals surface area contributed by atoms with Crippen LogP contribution in [0.25, 0.3) is 0 Å². The van der Waals surface area contributed by atoms with Crippen LogP contribution in [0.1, 0.15) is 11.1 Å². The average molecular weight is 330 g/mol. The summed E-state index contributed by atoms with van der Waals surface area (Å²) < 4.78 is 18.7. The van der Waals surface area contributed by atoms with Crippen LogP contribution in [0.5, 0.6) is 5.75 Å². The molecule has 0 spiro atoms. The highest BCUT2D eigenvalue weighted by Gasteiger charge is 2.08. The lowest BCUT2D eigenvalue weighted by atomic mass is 10.2. The van der Waals surface area contributed by atoms with E-state index in [9.17, 15) is 4.39 Å². The Hall–Kier alpha value is -1.36. The molecule has 0 unspecified atom stereocenters. The van der Waals surface area contributed by atoms with Crippen molar-refractivity contribution in [1.82, 2.24) is 0 Å². The van der Waals surface area contributed by atoms with Crippen LogP contribution in [-0.4, -0.2) is 4.99 Å². The molecule has 2 N–H and O–H groups in total. The van der Waals surface area contributed by atoms with E-state index >= 15 is 0 Å². The van der Waals surface area contributed by atoms with Gasteiger partial charge in [-0.05, 0) is 35.9 Å². The summed E-state index contributed by atoms with van der Waals surface area (Å²) in [5.74, 6) is 0.00689. The van der Waals surface area contributed by atoms with Crippen molar-refractivity contribution in [2.45, 2.75) is 6.61 Å². The zero-order valence-electron chi connectivity index (χ0n) is 10.2. The Bertz CT molecular complexity index is 664. The smallest absolute Gasteiger partial charge is 0.141 e. The van der Waals surface area contributed by atoms with Crippen LogP contribution in [-0.2, 0) is 6.61 Å². The molecule has 0 aliphatic heterocycles. The lowest BCUT2D eigenvalue weighted by Crippen LogP contribution is -2.11. The largest absolute Gasteiger partial charge is 0.488 e. The summed E-state index contributed by atoms with van der Waals surface area (Å²) in [6.07, 6.45) is 0. The van der Waals surface area contributed by atoms with Crippen molar-refractivity contribution in [3.8, 4) is 5.75 Å². The zero-order chi connectivity index (χ0) is 14.7. The van der Waals surface area contributed by atoms with Crippen molar-refractivity contribution in [3.05, 3.63) is 63.4 Å². The molecule has 6 heteroatoms. The van der Waals surface area contributed by atoms with Crippen molar-refractivity contribution in [1.29, 1.82) is 0 Å². The van der Waals surface area contributed by atoms with E-state index in [1.54, 1.807) is 24.3 Å². The van der Waals surface area contributed by atoms with Gasteiger partial charge in [-0.1, -0.05) is 41.5 Å². The van der Waals surface area contributed by atoms with E-state index in [1.165, 1.54) is 12.1 Å².